The fraction of sp³-hybridized carbons (Fsp3) is 0.643. The van der Waals surface area contributed by atoms with E-state index in [2.05, 4.69) is 34.9 Å². The van der Waals surface area contributed by atoms with Gasteiger partial charge in [-0.25, -0.2) is 0 Å². The topological polar surface area (TPSA) is 28.5 Å². The van der Waals surface area contributed by atoms with Crippen molar-refractivity contribution >= 4 is 21.8 Å². The second-order valence-corrected chi connectivity index (χ2v) is 5.79. The molecule has 108 valence electrons. The van der Waals surface area contributed by atoms with E-state index in [1.165, 1.54) is 0 Å². The van der Waals surface area contributed by atoms with E-state index in [9.17, 15) is 4.79 Å². The van der Waals surface area contributed by atoms with Crippen molar-refractivity contribution in [3.63, 3.8) is 0 Å². The molecule has 0 aromatic carbocycles. The van der Waals surface area contributed by atoms with Gasteiger partial charge in [0.15, 0.2) is 0 Å². The van der Waals surface area contributed by atoms with Crippen molar-refractivity contribution in [1.82, 2.24) is 14.4 Å². The molecule has 0 saturated heterocycles. The molecule has 5 heteroatoms. The molecule has 0 fully saturated rings. The lowest BCUT2D eigenvalue weighted by atomic mass is 10.3. The van der Waals surface area contributed by atoms with Crippen LogP contribution in [0.25, 0.3) is 0 Å². The molecule has 1 amide bonds. The summed E-state index contributed by atoms with van der Waals surface area (Å²) in [6.07, 6.45) is 2.96. The van der Waals surface area contributed by atoms with E-state index in [0.717, 1.165) is 42.8 Å². The van der Waals surface area contributed by atoms with E-state index in [0.29, 0.717) is 0 Å². The van der Waals surface area contributed by atoms with Crippen LogP contribution in [0.1, 0.15) is 30.8 Å². The lowest BCUT2D eigenvalue weighted by Gasteiger charge is -2.22. The average Bonchev–Trinajstić information content (AvgIpc) is 2.75. The molecule has 1 aromatic rings. The Hall–Kier alpha value is -0.810. The van der Waals surface area contributed by atoms with Crippen LogP contribution in [0.5, 0.6) is 0 Å². The van der Waals surface area contributed by atoms with Gasteiger partial charge in [-0.15, -0.1) is 0 Å². The Morgan fingerprint density at radius 3 is 2.53 bits per heavy atom. The Balaban J connectivity index is 2.72. The first-order valence-corrected chi connectivity index (χ1v) is 7.58. The quantitative estimate of drug-likeness (QED) is 0.769. The molecule has 0 N–H and O–H groups in total. The summed E-state index contributed by atoms with van der Waals surface area (Å²) in [6.45, 7) is 7.44. The Morgan fingerprint density at radius 2 is 2.00 bits per heavy atom. The highest BCUT2D eigenvalue weighted by Crippen LogP contribution is 2.17. The molecule has 0 bridgehead atoms. The molecule has 1 aromatic heterocycles. The van der Waals surface area contributed by atoms with Crippen molar-refractivity contribution in [1.29, 1.82) is 0 Å². The third-order valence-corrected chi connectivity index (χ3v) is 3.56. The predicted octanol–water partition coefficient (Wildman–Crippen LogP) is 2.68. The van der Waals surface area contributed by atoms with E-state index in [4.69, 9.17) is 0 Å². The lowest BCUT2D eigenvalue weighted by Crippen LogP contribution is -2.34. The second kappa shape index (κ2) is 7.70. The molecule has 0 aliphatic rings. The summed E-state index contributed by atoms with van der Waals surface area (Å²) in [4.78, 5) is 16.6. The minimum atomic E-state index is 0.119. The Bertz CT molecular complexity index is 415. The molecule has 1 rings (SSSR count). The van der Waals surface area contributed by atoms with Crippen LogP contribution in [-0.4, -0.2) is 54.0 Å². The average molecular weight is 330 g/mol. The summed E-state index contributed by atoms with van der Waals surface area (Å²) in [7, 11) is 4.11. The highest BCUT2D eigenvalue weighted by Gasteiger charge is 2.18. The molecule has 0 atom stereocenters. The van der Waals surface area contributed by atoms with Crippen molar-refractivity contribution < 1.29 is 4.79 Å². The van der Waals surface area contributed by atoms with E-state index in [1.54, 1.807) is 0 Å². The van der Waals surface area contributed by atoms with E-state index >= 15 is 0 Å². The number of aromatic nitrogens is 1. The number of carbonyl (C=O) groups excluding carboxylic acids is 1. The third kappa shape index (κ3) is 4.66. The summed E-state index contributed by atoms with van der Waals surface area (Å²) in [6, 6.07) is 1.90. The van der Waals surface area contributed by atoms with Crippen LogP contribution in [0.2, 0.25) is 0 Å². The van der Waals surface area contributed by atoms with Crippen molar-refractivity contribution in [2.75, 3.05) is 33.7 Å². The smallest absolute Gasteiger partial charge is 0.270 e. The molecule has 0 unspecified atom stereocenters. The van der Waals surface area contributed by atoms with Crippen LogP contribution in [0, 0.1) is 0 Å². The fourth-order valence-electron chi connectivity index (χ4n) is 2.06. The van der Waals surface area contributed by atoms with Gasteiger partial charge < -0.3 is 14.4 Å². The van der Waals surface area contributed by atoms with Crippen LogP contribution in [0.3, 0.4) is 0 Å². The molecule has 0 aliphatic carbocycles. The summed E-state index contributed by atoms with van der Waals surface area (Å²) in [5, 5.41) is 0. The number of hydrogen-bond acceptors (Lipinski definition) is 2. The van der Waals surface area contributed by atoms with Gasteiger partial charge in [-0.05, 0) is 62.9 Å². The highest BCUT2D eigenvalue weighted by atomic mass is 79.9. The maximum Gasteiger partial charge on any atom is 0.270 e. The van der Waals surface area contributed by atoms with Crippen molar-refractivity contribution in [2.24, 2.45) is 0 Å². The zero-order valence-electron chi connectivity index (χ0n) is 12.3. The summed E-state index contributed by atoms with van der Waals surface area (Å²) < 4.78 is 2.95. The number of rotatable bonds is 7. The van der Waals surface area contributed by atoms with Crippen molar-refractivity contribution in [3.8, 4) is 0 Å². The zero-order valence-corrected chi connectivity index (χ0v) is 13.9. The van der Waals surface area contributed by atoms with Gasteiger partial charge in [0, 0.05) is 30.3 Å². The number of nitrogens with zero attached hydrogens (tertiary/aromatic N) is 3. The van der Waals surface area contributed by atoms with Crippen molar-refractivity contribution in [3.05, 3.63) is 22.4 Å². The van der Waals surface area contributed by atoms with Gasteiger partial charge >= 0.3 is 0 Å². The largest absolute Gasteiger partial charge is 0.343 e. The lowest BCUT2D eigenvalue weighted by molar-refractivity contribution is 0.0748. The Labute approximate surface area is 124 Å². The maximum absolute atomic E-state index is 12.5. The first-order valence-electron chi connectivity index (χ1n) is 6.79. The molecule has 1 heterocycles. The number of hydrogen-bond donors (Lipinski definition) is 0. The number of amides is 1. The van der Waals surface area contributed by atoms with Gasteiger partial charge in [-0.1, -0.05) is 0 Å². The molecule has 0 aliphatic heterocycles. The normalized spacial score (nSPS) is 11.1. The second-order valence-electron chi connectivity index (χ2n) is 4.87. The van der Waals surface area contributed by atoms with Gasteiger partial charge in [0.1, 0.15) is 5.69 Å². The van der Waals surface area contributed by atoms with Crippen molar-refractivity contribution in [2.45, 2.75) is 26.8 Å². The van der Waals surface area contributed by atoms with Crippen LogP contribution in [-0.2, 0) is 6.54 Å². The summed E-state index contributed by atoms with van der Waals surface area (Å²) >= 11 is 3.44. The minimum Gasteiger partial charge on any atom is -0.343 e. The highest BCUT2D eigenvalue weighted by molar-refractivity contribution is 9.10. The monoisotopic (exact) mass is 329 g/mol. The first-order chi connectivity index (χ1) is 8.99. The Kier molecular flexibility index (Phi) is 6.58. The molecule has 19 heavy (non-hydrogen) atoms. The SMILES string of the molecule is CCN(CCCN(C)C)C(=O)c1cc(Br)cn1CC. The maximum atomic E-state index is 12.5. The first kappa shape index (κ1) is 16.2. The number of carbonyl (C=O) groups is 1. The summed E-state index contributed by atoms with van der Waals surface area (Å²) in [5.74, 6) is 0.119. The molecule has 0 spiro atoms. The van der Waals surface area contributed by atoms with Crippen LogP contribution in [0.4, 0.5) is 0 Å². The molecular weight excluding hydrogens is 306 g/mol. The van der Waals surface area contributed by atoms with Gasteiger partial charge in [0.25, 0.3) is 5.91 Å². The summed E-state index contributed by atoms with van der Waals surface area (Å²) in [5.41, 5.74) is 0.765. The molecule has 4 nitrogen and oxygen atoms in total. The number of halogens is 1. The van der Waals surface area contributed by atoms with Gasteiger partial charge in [0.05, 0.1) is 0 Å². The minimum absolute atomic E-state index is 0.119. The van der Waals surface area contributed by atoms with Crippen LogP contribution in [0.15, 0.2) is 16.7 Å². The van der Waals surface area contributed by atoms with Crippen LogP contribution < -0.4 is 0 Å². The van der Waals surface area contributed by atoms with Gasteiger partial charge in [-0.2, -0.15) is 0 Å². The van der Waals surface area contributed by atoms with E-state index < -0.39 is 0 Å². The zero-order chi connectivity index (χ0) is 14.4. The van der Waals surface area contributed by atoms with Gasteiger partial charge in [0.2, 0.25) is 0 Å². The standard InChI is InChI=1S/C14H24BrN3O/c1-5-17(9-7-8-16(3)4)14(19)13-10-12(15)11-18(13)6-2/h10-11H,5-9H2,1-4H3. The fourth-order valence-corrected chi connectivity index (χ4v) is 2.52. The predicted molar refractivity (Wildman–Crippen MR) is 82.6 cm³/mol. The third-order valence-electron chi connectivity index (χ3n) is 3.13. The van der Waals surface area contributed by atoms with Crippen LogP contribution >= 0.6 is 15.9 Å². The van der Waals surface area contributed by atoms with E-state index in [1.807, 2.05) is 35.6 Å². The Morgan fingerprint density at radius 1 is 1.32 bits per heavy atom. The molecule has 0 saturated carbocycles. The van der Waals surface area contributed by atoms with E-state index in [-0.39, 0.29) is 5.91 Å². The van der Waals surface area contributed by atoms with Gasteiger partial charge in [-0.3, -0.25) is 4.79 Å². The molecular formula is C14H24BrN3O. The number of aryl methyl sites for hydroxylation is 1. The molecule has 0 radical (unpaired) electrons.